The largest absolute Gasteiger partial charge is 0.480 e. The number of carbonyl (C=O) groups is 2. The van der Waals surface area contributed by atoms with Gasteiger partial charge in [0.2, 0.25) is 5.91 Å². The van der Waals surface area contributed by atoms with Crippen LogP contribution in [0.5, 0.6) is 0 Å². The average Bonchev–Trinajstić information content (AvgIpc) is 2.16. The molecular weight excluding hydrogens is 210 g/mol. The Hall–Kier alpha value is -1.10. The molecule has 1 amide bonds. The summed E-state index contributed by atoms with van der Waals surface area (Å²) < 4.78 is 0. The summed E-state index contributed by atoms with van der Waals surface area (Å²) in [5.41, 5.74) is 0. The van der Waals surface area contributed by atoms with Crippen LogP contribution < -0.4 is 5.32 Å². The summed E-state index contributed by atoms with van der Waals surface area (Å²) in [5, 5.41) is 20.6. The van der Waals surface area contributed by atoms with Crippen molar-refractivity contribution in [3.63, 3.8) is 0 Å². The van der Waals surface area contributed by atoms with Crippen LogP contribution in [-0.4, -0.2) is 34.2 Å². The van der Waals surface area contributed by atoms with E-state index >= 15 is 0 Å². The highest BCUT2D eigenvalue weighted by molar-refractivity contribution is 5.86. The van der Waals surface area contributed by atoms with Crippen molar-refractivity contribution < 1.29 is 19.8 Å². The molecule has 0 rings (SSSR count). The lowest BCUT2D eigenvalue weighted by molar-refractivity contribution is -0.143. The molecule has 0 fully saturated rings. The van der Waals surface area contributed by atoms with Crippen LogP contribution in [-0.2, 0) is 9.59 Å². The van der Waals surface area contributed by atoms with E-state index in [9.17, 15) is 14.7 Å². The molecule has 5 heteroatoms. The minimum atomic E-state index is -1.11. The first-order valence-electron chi connectivity index (χ1n) is 5.59. The number of carbonyl (C=O) groups excluding carboxylic acids is 1. The van der Waals surface area contributed by atoms with Gasteiger partial charge in [-0.25, -0.2) is 4.79 Å². The van der Waals surface area contributed by atoms with Crippen LogP contribution >= 0.6 is 0 Å². The molecule has 0 aromatic rings. The standard InChI is InChI=1S/C11H21NO4/c1-4-5-9(13)10(14)12-8(11(15)16)6-7(2)3/h7-9,13H,4-6H2,1-3H3,(H,12,14)(H,15,16)/t8-,9-/m0/s1. The van der Waals surface area contributed by atoms with Gasteiger partial charge in [-0.2, -0.15) is 0 Å². The average molecular weight is 231 g/mol. The molecule has 0 bridgehead atoms. The van der Waals surface area contributed by atoms with Crippen molar-refractivity contribution in [3.05, 3.63) is 0 Å². The van der Waals surface area contributed by atoms with Gasteiger partial charge >= 0.3 is 5.97 Å². The number of carboxylic acids is 1. The summed E-state index contributed by atoms with van der Waals surface area (Å²) in [4.78, 5) is 22.3. The van der Waals surface area contributed by atoms with Gasteiger partial charge < -0.3 is 15.5 Å². The molecule has 0 saturated heterocycles. The van der Waals surface area contributed by atoms with Gasteiger partial charge in [-0.1, -0.05) is 27.2 Å². The van der Waals surface area contributed by atoms with Crippen molar-refractivity contribution >= 4 is 11.9 Å². The fourth-order valence-corrected chi connectivity index (χ4v) is 1.37. The van der Waals surface area contributed by atoms with E-state index in [1.54, 1.807) is 0 Å². The molecule has 0 aliphatic heterocycles. The topological polar surface area (TPSA) is 86.6 Å². The van der Waals surface area contributed by atoms with E-state index in [4.69, 9.17) is 5.11 Å². The van der Waals surface area contributed by atoms with E-state index in [1.807, 2.05) is 20.8 Å². The van der Waals surface area contributed by atoms with Gasteiger partial charge in [0.25, 0.3) is 0 Å². The monoisotopic (exact) mass is 231 g/mol. The Morgan fingerprint density at radius 2 is 1.88 bits per heavy atom. The number of aliphatic carboxylic acids is 1. The second kappa shape index (κ2) is 7.22. The van der Waals surface area contributed by atoms with Crippen LogP contribution in [0.1, 0.15) is 40.0 Å². The fraction of sp³-hybridized carbons (Fsp3) is 0.818. The second-order valence-corrected chi connectivity index (χ2v) is 4.33. The van der Waals surface area contributed by atoms with Crippen LogP contribution in [0.15, 0.2) is 0 Å². The molecule has 2 atom stereocenters. The summed E-state index contributed by atoms with van der Waals surface area (Å²) in [6, 6.07) is -0.918. The Labute approximate surface area is 95.9 Å². The molecule has 0 aromatic heterocycles. The highest BCUT2D eigenvalue weighted by atomic mass is 16.4. The van der Waals surface area contributed by atoms with Crippen molar-refractivity contribution in [2.24, 2.45) is 5.92 Å². The Bertz CT molecular complexity index is 240. The number of nitrogens with one attached hydrogen (secondary N) is 1. The summed E-state index contributed by atoms with van der Waals surface area (Å²) in [6.07, 6.45) is 0.273. The number of carboxylic acid groups (broad SMARTS) is 1. The normalized spacial score (nSPS) is 14.6. The molecule has 16 heavy (non-hydrogen) atoms. The lowest BCUT2D eigenvalue weighted by Crippen LogP contribution is -2.46. The van der Waals surface area contributed by atoms with Gasteiger partial charge in [-0.05, 0) is 18.8 Å². The molecule has 94 valence electrons. The van der Waals surface area contributed by atoms with Crippen molar-refractivity contribution in [3.8, 4) is 0 Å². The predicted octanol–water partition coefficient (Wildman–Crippen LogP) is 0.763. The van der Waals surface area contributed by atoms with E-state index < -0.39 is 24.0 Å². The van der Waals surface area contributed by atoms with Gasteiger partial charge in [0.15, 0.2) is 0 Å². The zero-order valence-corrected chi connectivity index (χ0v) is 10.1. The van der Waals surface area contributed by atoms with Crippen LogP contribution in [0.3, 0.4) is 0 Å². The number of aliphatic hydroxyl groups excluding tert-OH is 1. The third-order valence-corrected chi connectivity index (χ3v) is 2.19. The molecule has 0 heterocycles. The Balaban J connectivity index is 4.28. The first kappa shape index (κ1) is 14.9. The number of amides is 1. The van der Waals surface area contributed by atoms with E-state index in [0.29, 0.717) is 19.3 Å². The van der Waals surface area contributed by atoms with E-state index in [2.05, 4.69) is 5.32 Å². The summed E-state index contributed by atoms with van der Waals surface area (Å²) in [6.45, 7) is 5.61. The molecule has 0 aromatic carbocycles. The molecule has 5 nitrogen and oxygen atoms in total. The summed E-state index contributed by atoms with van der Waals surface area (Å²) in [5.74, 6) is -1.50. The molecule has 0 aliphatic rings. The van der Waals surface area contributed by atoms with E-state index in [-0.39, 0.29) is 5.92 Å². The highest BCUT2D eigenvalue weighted by Gasteiger charge is 2.24. The molecule has 0 radical (unpaired) electrons. The predicted molar refractivity (Wildman–Crippen MR) is 59.9 cm³/mol. The first-order valence-corrected chi connectivity index (χ1v) is 5.59. The van der Waals surface area contributed by atoms with Gasteiger partial charge in [-0.15, -0.1) is 0 Å². The third kappa shape index (κ3) is 5.70. The number of hydrogen-bond donors (Lipinski definition) is 3. The Morgan fingerprint density at radius 1 is 1.31 bits per heavy atom. The zero-order valence-electron chi connectivity index (χ0n) is 10.1. The minimum Gasteiger partial charge on any atom is -0.480 e. The molecule has 0 unspecified atom stereocenters. The van der Waals surface area contributed by atoms with Crippen LogP contribution in [0.25, 0.3) is 0 Å². The minimum absolute atomic E-state index is 0.171. The molecule has 0 spiro atoms. The van der Waals surface area contributed by atoms with Gasteiger partial charge in [0.1, 0.15) is 12.1 Å². The second-order valence-electron chi connectivity index (χ2n) is 4.33. The van der Waals surface area contributed by atoms with Gasteiger partial charge in [0.05, 0.1) is 0 Å². The van der Waals surface area contributed by atoms with Crippen LogP contribution in [0.2, 0.25) is 0 Å². The molecule has 0 saturated carbocycles. The fourth-order valence-electron chi connectivity index (χ4n) is 1.37. The van der Waals surface area contributed by atoms with E-state index in [0.717, 1.165) is 0 Å². The number of hydrogen-bond acceptors (Lipinski definition) is 3. The van der Waals surface area contributed by atoms with Gasteiger partial charge in [0, 0.05) is 0 Å². The maximum Gasteiger partial charge on any atom is 0.326 e. The smallest absolute Gasteiger partial charge is 0.326 e. The summed E-state index contributed by atoms with van der Waals surface area (Å²) >= 11 is 0. The molecular formula is C11H21NO4. The van der Waals surface area contributed by atoms with Crippen molar-refractivity contribution in [2.45, 2.75) is 52.2 Å². The molecule has 0 aliphatic carbocycles. The quantitative estimate of drug-likeness (QED) is 0.604. The number of aliphatic hydroxyl groups is 1. The zero-order chi connectivity index (χ0) is 12.7. The Morgan fingerprint density at radius 3 is 2.25 bits per heavy atom. The first-order chi connectivity index (χ1) is 7.38. The lowest BCUT2D eigenvalue weighted by atomic mass is 10.0. The van der Waals surface area contributed by atoms with Crippen molar-refractivity contribution in [1.29, 1.82) is 0 Å². The van der Waals surface area contributed by atoms with E-state index in [1.165, 1.54) is 0 Å². The highest BCUT2D eigenvalue weighted by Crippen LogP contribution is 2.06. The number of rotatable bonds is 7. The SMILES string of the molecule is CCC[C@H](O)C(=O)N[C@@H](CC(C)C)C(=O)O. The van der Waals surface area contributed by atoms with Crippen molar-refractivity contribution in [1.82, 2.24) is 5.32 Å². The Kier molecular flexibility index (Phi) is 6.72. The third-order valence-electron chi connectivity index (χ3n) is 2.19. The lowest BCUT2D eigenvalue weighted by Gasteiger charge is -2.18. The molecule has 3 N–H and O–H groups in total. The maximum atomic E-state index is 11.4. The summed E-state index contributed by atoms with van der Waals surface area (Å²) in [7, 11) is 0. The van der Waals surface area contributed by atoms with Crippen LogP contribution in [0, 0.1) is 5.92 Å². The van der Waals surface area contributed by atoms with Crippen molar-refractivity contribution in [2.75, 3.05) is 0 Å². The van der Waals surface area contributed by atoms with Gasteiger partial charge in [-0.3, -0.25) is 4.79 Å². The van der Waals surface area contributed by atoms with Crippen LogP contribution in [0.4, 0.5) is 0 Å². The maximum absolute atomic E-state index is 11.4.